The van der Waals surface area contributed by atoms with Crippen LogP contribution in [0, 0.1) is 0 Å². The average Bonchev–Trinajstić information content (AvgIpc) is 3.15. The highest BCUT2D eigenvalue weighted by atomic mass is 16.4. The molecule has 0 fully saturated rings. The van der Waals surface area contributed by atoms with Crippen LogP contribution < -0.4 is 21.5 Å². The molecule has 0 aliphatic carbocycles. The molecule has 0 amide bonds. The number of rotatable bonds is 10. The molecular weight excluding hydrogens is 626 g/mol. The van der Waals surface area contributed by atoms with Gasteiger partial charge in [-0.3, -0.25) is 19.9 Å². The fourth-order valence-electron chi connectivity index (χ4n) is 6.77. The Labute approximate surface area is 288 Å². The van der Waals surface area contributed by atoms with Crippen LogP contribution in [0.25, 0.3) is 27.5 Å². The van der Waals surface area contributed by atoms with E-state index in [0.717, 1.165) is 26.9 Å². The number of hydrogen-bond donors (Lipinski definition) is 3. The van der Waals surface area contributed by atoms with Gasteiger partial charge < -0.3 is 15.0 Å². The van der Waals surface area contributed by atoms with Gasteiger partial charge in [0, 0.05) is 31.4 Å². The summed E-state index contributed by atoms with van der Waals surface area (Å²) in [4.78, 5) is 49.8. The summed E-state index contributed by atoms with van der Waals surface area (Å²) < 4.78 is 1.10. The van der Waals surface area contributed by atoms with E-state index in [-0.39, 0.29) is 6.42 Å². The molecular formula is C41H35N5O4. The number of anilines is 1. The fourth-order valence-corrected chi connectivity index (χ4v) is 6.77. The standard InChI is InChI=1S/C41H35N5O4/c1-45(2)31-21-22-34-33(26-31)38(47)46(40(50)43-34)36-23-20-27(32-19-12-24-42-37(32)36)25-35(39(48)49)44-41(28-13-6-3-7-14-28,29-15-8-4-9-16-29)30-17-10-5-11-18-30/h3-24,26,35,44H,25H2,1-2H3,(H,43,50)(H,48,49)/t35-/m0/s1. The minimum absolute atomic E-state index is 0.0846. The van der Waals surface area contributed by atoms with Crippen molar-refractivity contribution >= 4 is 33.5 Å². The summed E-state index contributed by atoms with van der Waals surface area (Å²) in [7, 11) is 3.76. The molecule has 0 saturated heterocycles. The van der Waals surface area contributed by atoms with Crippen LogP contribution in [0.2, 0.25) is 0 Å². The number of aromatic nitrogens is 3. The first-order valence-electron chi connectivity index (χ1n) is 16.3. The molecule has 0 spiro atoms. The molecule has 0 aliphatic heterocycles. The van der Waals surface area contributed by atoms with Crippen molar-refractivity contribution in [2.45, 2.75) is 18.0 Å². The average molecular weight is 662 g/mol. The second-order valence-electron chi connectivity index (χ2n) is 12.4. The summed E-state index contributed by atoms with van der Waals surface area (Å²) in [6, 6.07) is 40.8. The highest BCUT2D eigenvalue weighted by molar-refractivity contribution is 5.90. The Morgan fingerprint density at radius 1 is 0.800 bits per heavy atom. The van der Waals surface area contributed by atoms with Crippen molar-refractivity contribution in [2.24, 2.45) is 0 Å². The van der Waals surface area contributed by atoms with Crippen molar-refractivity contribution < 1.29 is 9.90 Å². The molecule has 0 radical (unpaired) electrons. The number of aromatic amines is 1. The summed E-state index contributed by atoms with van der Waals surface area (Å²) in [6.07, 6.45) is 1.68. The zero-order chi connectivity index (χ0) is 34.8. The summed E-state index contributed by atoms with van der Waals surface area (Å²) in [5.74, 6) is -1.03. The zero-order valence-corrected chi connectivity index (χ0v) is 27.6. The predicted octanol–water partition coefficient (Wildman–Crippen LogP) is 5.87. The van der Waals surface area contributed by atoms with Crippen LogP contribution in [-0.4, -0.2) is 45.7 Å². The van der Waals surface area contributed by atoms with Crippen LogP contribution in [0.1, 0.15) is 22.3 Å². The highest BCUT2D eigenvalue weighted by Gasteiger charge is 2.40. The first-order valence-corrected chi connectivity index (χ1v) is 16.3. The van der Waals surface area contributed by atoms with E-state index < -0.39 is 28.8 Å². The van der Waals surface area contributed by atoms with Crippen LogP contribution in [0.4, 0.5) is 5.69 Å². The number of carboxylic acid groups (broad SMARTS) is 1. The number of carboxylic acids is 1. The maximum atomic E-state index is 13.9. The quantitative estimate of drug-likeness (QED) is 0.157. The second kappa shape index (κ2) is 13.3. The summed E-state index contributed by atoms with van der Waals surface area (Å²) in [5, 5.41) is 15.4. The lowest BCUT2D eigenvalue weighted by Gasteiger charge is -2.39. The van der Waals surface area contributed by atoms with Gasteiger partial charge in [-0.2, -0.15) is 0 Å². The minimum Gasteiger partial charge on any atom is -0.480 e. The van der Waals surface area contributed by atoms with Crippen molar-refractivity contribution in [3.05, 3.63) is 183 Å². The van der Waals surface area contributed by atoms with Gasteiger partial charge in [0.1, 0.15) is 6.04 Å². The van der Waals surface area contributed by atoms with Crippen molar-refractivity contribution in [1.82, 2.24) is 19.9 Å². The smallest absolute Gasteiger partial charge is 0.333 e. The van der Waals surface area contributed by atoms with Crippen molar-refractivity contribution in [3.63, 3.8) is 0 Å². The number of H-pyrrole nitrogens is 1. The van der Waals surface area contributed by atoms with Crippen LogP contribution >= 0.6 is 0 Å². The normalized spacial score (nSPS) is 12.2. The van der Waals surface area contributed by atoms with E-state index in [4.69, 9.17) is 0 Å². The molecule has 248 valence electrons. The Bertz CT molecular complexity index is 2350. The van der Waals surface area contributed by atoms with E-state index in [1.165, 1.54) is 0 Å². The van der Waals surface area contributed by atoms with Crippen molar-refractivity contribution in [1.29, 1.82) is 0 Å². The van der Waals surface area contributed by atoms with Crippen LogP contribution in [0.3, 0.4) is 0 Å². The molecule has 1 atom stereocenters. The number of carbonyl (C=O) groups is 1. The lowest BCUT2D eigenvalue weighted by atomic mass is 9.76. The van der Waals surface area contributed by atoms with Crippen molar-refractivity contribution in [3.8, 4) is 5.69 Å². The van der Waals surface area contributed by atoms with Gasteiger partial charge in [0.15, 0.2) is 0 Å². The molecule has 9 heteroatoms. The van der Waals surface area contributed by atoms with Crippen LogP contribution in [0.5, 0.6) is 0 Å². The van der Waals surface area contributed by atoms with E-state index >= 15 is 0 Å². The van der Waals surface area contributed by atoms with Gasteiger partial charge in [0.2, 0.25) is 0 Å². The third kappa shape index (κ3) is 5.73. The van der Waals surface area contributed by atoms with E-state index in [0.29, 0.717) is 33.1 Å². The first kappa shape index (κ1) is 32.2. The Balaban J connectivity index is 1.37. The van der Waals surface area contributed by atoms with E-state index in [9.17, 15) is 19.5 Å². The number of benzene rings is 5. The Morgan fingerprint density at radius 3 is 1.96 bits per heavy atom. The topological polar surface area (TPSA) is 120 Å². The zero-order valence-electron chi connectivity index (χ0n) is 27.6. The maximum Gasteiger partial charge on any atom is 0.333 e. The largest absolute Gasteiger partial charge is 0.480 e. The summed E-state index contributed by atoms with van der Waals surface area (Å²) in [5.41, 5.74) is 3.23. The van der Waals surface area contributed by atoms with Gasteiger partial charge in [-0.1, -0.05) is 103 Å². The number of nitrogens with zero attached hydrogens (tertiary/aromatic N) is 3. The van der Waals surface area contributed by atoms with Gasteiger partial charge in [-0.15, -0.1) is 0 Å². The molecule has 0 saturated carbocycles. The third-order valence-electron chi connectivity index (χ3n) is 9.21. The van der Waals surface area contributed by atoms with E-state index in [2.05, 4.69) is 15.3 Å². The van der Waals surface area contributed by atoms with Crippen LogP contribution in [-0.2, 0) is 16.8 Å². The number of nitrogens with one attached hydrogen (secondary N) is 2. The third-order valence-corrected chi connectivity index (χ3v) is 9.21. The highest BCUT2D eigenvalue weighted by Crippen LogP contribution is 2.38. The van der Waals surface area contributed by atoms with Crippen LogP contribution in [0.15, 0.2) is 149 Å². The Kier molecular flexibility index (Phi) is 8.57. The molecule has 0 unspecified atom stereocenters. The first-order chi connectivity index (χ1) is 24.3. The monoisotopic (exact) mass is 661 g/mol. The van der Waals surface area contributed by atoms with Gasteiger partial charge in [-0.05, 0) is 59.0 Å². The second-order valence-corrected chi connectivity index (χ2v) is 12.4. The van der Waals surface area contributed by atoms with Gasteiger partial charge in [0.25, 0.3) is 5.56 Å². The lowest BCUT2D eigenvalue weighted by Crippen LogP contribution is -2.53. The van der Waals surface area contributed by atoms with E-state index in [1.807, 2.05) is 122 Å². The Hall–Kier alpha value is -6.32. The molecule has 7 rings (SSSR count). The molecule has 0 aliphatic rings. The van der Waals surface area contributed by atoms with Gasteiger partial charge in [0.05, 0.1) is 27.6 Å². The maximum absolute atomic E-state index is 13.9. The molecule has 0 bridgehead atoms. The van der Waals surface area contributed by atoms with Crippen molar-refractivity contribution in [2.75, 3.05) is 19.0 Å². The minimum atomic E-state index is -1.07. The number of aliphatic carboxylic acids is 1. The molecule has 2 aromatic heterocycles. The molecule has 7 aromatic rings. The molecule has 3 N–H and O–H groups in total. The molecule has 9 nitrogen and oxygen atoms in total. The number of hydrogen-bond acceptors (Lipinski definition) is 6. The number of fused-ring (bicyclic) bond motifs is 2. The van der Waals surface area contributed by atoms with Gasteiger partial charge in [-0.25, -0.2) is 9.36 Å². The number of pyridine rings is 1. The van der Waals surface area contributed by atoms with E-state index in [1.54, 1.807) is 36.5 Å². The lowest BCUT2D eigenvalue weighted by molar-refractivity contribution is -0.139. The SMILES string of the molecule is CN(C)c1ccc2[nH]c(=O)n(-c3ccc(C[C@H](NC(c4ccccc4)(c4ccccc4)c4ccccc4)C(=O)O)c4cccnc34)c(=O)c2c1. The molecule has 2 heterocycles. The summed E-state index contributed by atoms with van der Waals surface area (Å²) in [6.45, 7) is 0. The molecule has 5 aromatic carbocycles. The molecule has 50 heavy (non-hydrogen) atoms. The summed E-state index contributed by atoms with van der Waals surface area (Å²) >= 11 is 0. The Morgan fingerprint density at radius 2 is 1.40 bits per heavy atom. The fraction of sp³-hybridized carbons (Fsp3) is 0.122. The van der Waals surface area contributed by atoms with Gasteiger partial charge >= 0.3 is 11.7 Å². The predicted molar refractivity (Wildman–Crippen MR) is 197 cm³/mol.